The van der Waals surface area contributed by atoms with Gasteiger partial charge in [-0.2, -0.15) is 0 Å². The van der Waals surface area contributed by atoms with E-state index in [4.69, 9.17) is 0 Å². The molecule has 1 rings (SSSR count). The topological polar surface area (TPSA) is 12.0 Å². The predicted octanol–water partition coefficient (Wildman–Crippen LogP) is 5.33. The summed E-state index contributed by atoms with van der Waals surface area (Å²) in [6, 6.07) is 5.75. The van der Waals surface area contributed by atoms with Crippen molar-refractivity contribution in [2.75, 3.05) is 6.54 Å². The van der Waals surface area contributed by atoms with E-state index >= 15 is 0 Å². The SMILES string of the molecule is CCCC(CCC)C(Cc1cccc(F)c1Br)NCC. The average molecular weight is 344 g/mol. The highest BCUT2D eigenvalue weighted by atomic mass is 79.9. The molecule has 0 heterocycles. The Morgan fingerprint density at radius 1 is 1.15 bits per heavy atom. The second-order valence-corrected chi connectivity index (χ2v) is 6.21. The molecule has 3 heteroatoms. The summed E-state index contributed by atoms with van der Waals surface area (Å²) in [6.07, 6.45) is 5.77. The minimum atomic E-state index is -0.166. The van der Waals surface area contributed by atoms with Crippen LogP contribution in [-0.2, 0) is 6.42 Å². The standard InChI is InChI=1S/C17H27BrFN/c1-4-8-13(9-5-2)16(20-6-3)12-14-10-7-11-15(19)17(14)18/h7,10-11,13,16,20H,4-6,8-9,12H2,1-3H3. The second kappa shape index (κ2) is 9.51. The van der Waals surface area contributed by atoms with Gasteiger partial charge in [0, 0.05) is 6.04 Å². The van der Waals surface area contributed by atoms with Crippen molar-refractivity contribution >= 4 is 15.9 Å². The van der Waals surface area contributed by atoms with Gasteiger partial charge in [-0.15, -0.1) is 0 Å². The molecule has 1 aromatic rings. The molecule has 0 aliphatic rings. The maximum absolute atomic E-state index is 13.6. The highest BCUT2D eigenvalue weighted by Crippen LogP contribution is 2.26. The lowest BCUT2D eigenvalue weighted by atomic mass is 9.86. The molecule has 0 aromatic heterocycles. The third-order valence-electron chi connectivity index (χ3n) is 3.83. The Kier molecular flexibility index (Phi) is 8.39. The molecule has 0 radical (unpaired) electrons. The number of hydrogen-bond acceptors (Lipinski definition) is 1. The molecule has 1 N–H and O–H groups in total. The van der Waals surface area contributed by atoms with Gasteiger partial charge in [0.25, 0.3) is 0 Å². The maximum atomic E-state index is 13.6. The minimum Gasteiger partial charge on any atom is -0.314 e. The Balaban J connectivity index is 2.86. The van der Waals surface area contributed by atoms with Crippen LogP contribution in [0.1, 0.15) is 52.0 Å². The Morgan fingerprint density at radius 3 is 2.35 bits per heavy atom. The first kappa shape index (κ1) is 17.6. The largest absolute Gasteiger partial charge is 0.314 e. The van der Waals surface area contributed by atoms with Crippen molar-refractivity contribution in [3.05, 3.63) is 34.1 Å². The summed E-state index contributed by atoms with van der Waals surface area (Å²) in [5.74, 6) is 0.500. The van der Waals surface area contributed by atoms with Gasteiger partial charge >= 0.3 is 0 Å². The first-order valence-electron chi connectivity index (χ1n) is 7.80. The molecule has 0 saturated carbocycles. The van der Waals surface area contributed by atoms with Gasteiger partial charge in [-0.05, 0) is 59.3 Å². The highest BCUT2D eigenvalue weighted by Gasteiger charge is 2.21. The molecule has 20 heavy (non-hydrogen) atoms. The van der Waals surface area contributed by atoms with E-state index in [1.165, 1.54) is 31.7 Å². The molecule has 1 aromatic carbocycles. The van der Waals surface area contributed by atoms with E-state index in [0.29, 0.717) is 16.4 Å². The fraction of sp³-hybridized carbons (Fsp3) is 0.647. The molecule has 0 aliphatic heterocycles. The molecule has 0 aliphatic carbocycles. The van der Waals surface area contributed by atoms with Crippen molar-refractivity contribution in [2.45, 2.75) is 58.9 Å². The van der Waals surface area contributed by atoms with Crippen molar-refractivity contribution in [2.24, 2.45) is 5.92 Å². The van der Waals surface area contributed by atoms with Crippen LogP contribution in [0.2, 0.25) is 0 Å². The van der Waals surface area contributed by atoms with E-state index in [2.05, 4.69) is 42.0 Å². The van der Waals surface area contributed by atoms with Crippen molar-refractivity contribution in [3.63, 3.8) is 0 Å². The lowest BCUT2D eigenvalue weighted by molar-refractivity contribution is 0.312. The molecule has 0 amide bonds. The van der Waals surface area contributed by atoms with Gasteiger partial charge in [0.2, 0.25) is 0 Å². The van der Waals surface area contributed by atoms with Crippen LogP contribution in [0.3, 0.4) is 0 Å². The number of hydrogen-bond donors (Lipinski definition) is 1. The van der Waals surface area contributed by atoms with Gasteiger partial charge in [0.15, 0.2) is 0 Å². The first-order chi connectivity index (χ1) is 9.63. The third kappa shape index (κ3) is 5.17. The van der Waals surface area contributed by atoms with Crippen LogP contribution < -0.4 is 5.32 Å². The van der Waals surface area contributed by atoms with E-state index in [-0.39, 0.29) is 5.82 Å². The van der Waals surface area contributed by atoms with E-state index < -0.39 is 0 Å². The first-order valence-corrected chi connectivity index (χ1v) is 8.59. The van der Waals surface area contributed by atoms with Crippen molar-refractivity contribution < 1.29 is 4.39 Å². The van der Waals surface area contributed by atoms with Gasteiger partial charge in [0.05, 0.1) is 4.47 Å². The maximum Gasteiger partial charge on any atom is 0.137 e. The lowest BCUT2D eigenvalue weighted by Gasteiger charge is -2.28. The lowest BCUT2D eigenvalue weighted by Crippen LogP contribution is -2.38. The van der Waals surface area contributed by atoms with Gasteiger partial charge in [0.1, 0.15) is 5.82 Å². The number of halogens is 2. The fourth-order valence-electron chi connectivity index (χ4n) is 2.90. The zero-order chi connectivity index (χ0) is 15.0. The van der Waals surface area contributed by atoms with Crippen LogP contribution in [-0.4, -0.2) is 12.6 Å². The third-order valence-corrected chi connectivity index (χ3v) is 4.71. The van der Waals surface area contributed by atoms with Gasteiger partial charge < -0.3 is 5.32 Å². The van der Waals surface area contributed by atoms with E-state index in [0.717, 1.165) is 18.5 Å². The summed E-state index contributed by atoms with van der Waals surface area (Å²) in [6.45, 7) is 7.58. The number of nitrogens with one attached hydrogen (secondary N) is 1. The summed E-state index contributed by atoms with van der Waals surface area (Å²) in [5, 5.41) is 3.60. The average Bonchev–Trinajstić information content (AvgIpc) is 2.43. The minimum absolute atomic E-state index is 0.166. The van der Waals surface area contributed by atoms with Crippen LogP contribution in [0.25, 0.3) is 0 Å². The molecule has 0 fully saturated rings. The molecular formula is C17H27BrFN. The molecule has 0 saturated heterocycles. The number of likely N-dealkylation sites (N-methyl/N-ethyl adjacent to an activating group) is 1. The predicted molar refractivity (Wildman–Crippen MR) is 88.6 cm³/mol. The molecule has 0 spiro atoms. The fourth-order valence-corrected chi connectivity index (χ4v) is 3.33. The molecule has 1 unspecified atom stereocenters. The molecular weight excluding hydrogens is 317 g/mol. The number of benzene rings is 1. The Labute approximate surface area is 131 Å². The van der Waals surface area contributed by atoms with Gasteiger partial charge in [-0.1, -0.05) is 45.7 Å². The summed E-state index contributed by atoms with van der Waals surface area (Å²) >= 11 is 3.38. The van der Waals surface area contributed by atoms with Crippen LogP contribution in [0.5, 0.6) is 0 Å². The quantitative estimate of drug-likeness (QED) is 0.639. The monoisotopic (exact) mass is 343 g/mol. The zero-order valence-corrected chi connectivity index (χ0v) is 14.5. The zero-order valence-electron chi connectivity index (χ0n) is 12.9. The van der Waals surface area contributed by atoms with E-state index in [1.54, 1.807) is 6.07 Å². The Morgan fingerprint density at radius 2 is 1.80 bits per heavy atom. The van der Waals surface area contributed by atoms with Gasteiger partial charge in [-0.3, -0.25) is 0 Å². The van der Waals surface area contributed by atoms with Crippen molar-refractivity contribution in [3.8, 4) is 0 Å². The van der Waals surface area contributed by atoms with Crippen LogP contribution >= 0.6 is 15.9 Å². The van der Waals surface area contributed by atoms with Crippen molar-refractivity contribution in [1.82, 2.24) is 5.32 Å². The highest BCUT2D eigenvalue weighted by molar-refractivity contribution is 9.10. The Bertz CT molecular complexity index is 389. The summed E-state index contributed by atoms with van der Waals surface area (Å²) in [4.78, 5) is 0. The summed E-state index contributed by atoms with van der Waals surface area (Å²) in [5.41, 5.74) is 1.06. The van der Waals surface area contributed by atoms with Crippen LogP contribution in [0, 0.1) is 11.7 Å². The molecule has 1 nitrogen and oxygen atoms in total. The molecule has 1 atom stereocenters. The van der Waals surface area contributed by atoms with Crippen LogP contribution in [0.15, 0.2) is 22.7 Å². The molecule has 0 bridgehead atoms. The normalized spacial score (nSPS) is 12.9. The van der Waals surface area contributed by atoms with E-state index in [1.807, 2.05) is 6.07 Å². The summed E-state index contributed by atoms with van der Waals surface area (Å²) in [7, 11) is 0. The molecule has 114 valence electrons. The van der Waals surface area contributed by atoms with Crippen molar-refractivity contribution in [1.29, 1.82) is 0 Å². The number of rotatable bonds is 9. The Hall–Kier alpha value is -0.410. The van der Waals surface area contributed by atoms with Crippen LogP contribution in [0.4, 0.5) is 4.39 Å². The second-order valence-electron chi connectivity index (χ2n) is 5.42. The van der Waals surface area contributed by atoms with Gasteiger partial charge in [-0.25, -0.2) is 4.39 Å². The smallest absolute Gasteiger partial charge is 0.137 e. The summed E-state index contributed by atoms with van der Waals surface area (Å²) < 4.78 is 14.3. The van der Waals surface area contributed by atoms with E-state index in [9.17, 15) is 4.39 Å².